The molecule has 37 heavy (non-hydrogen) atoms. The smallest absolute Gasteiger partial charge is 0.308 e. The van der Waals surface area contributed by atoms with Gasteiger partial charge < -0.3 is 25.1 Å². The summed E-state index contributed by atoms with van der Waals surface area (Å²) in [6.45, 7) is 2.01. The van der Waals surface area contributed by atoms with E-state index in [0.29, 0.717) is 29.3 Å². The van der Waals surface area contributed by atoms with Crippen LogP contribution in [0.5, 0.6) is 0 Å². The molecular weight excluding hydrogens is 472 g/mol. The van der Waals surface area contributed by atoms with E-state index in [-0.39, 0.29) is 30.7 Å². The zero-order valence-electron chi connectivity index (χ0n) is 20.2. The molecule has 1 aliphatic rings. The van der Waals surface area contributed by atoms with Crippen molar-refractivity contribution < 1.29 is 23.9 Å². The number of carboxylic acid groups (broad SMARTS) is 1. The minimum Gasteiger partial charge on any atom is -0.481 e. The standard InChI is InChI=1S/C28H26N4O5/c1-17(33)32-15-22(23(16-32)27(35)36)19-8-10-21(11-9-19)29-26(34)14-18-7-12-24-25(13-18)37-28(31-24)30-20-5-3-2-4-6-20/h2-13,22-23H,14-16H2,1H3,(H,29,34)(H,30,31)(H,35,36). The van der Waals surface area contributed by atoms with Crippen molar-refractivity contribution in [3.05, 3.63) is 83.9 Å². The summed E-state index contributed by atoms with van der Waals surface area (Å²) >= 11 is 0. The molecule has 1 aromatic heterocycles. The van der Waals surface area contributed by atoms with Gasteiger partial charge in [-0.25, -0.2) is 0 Å². The maximum atomic E-state index is 12.7. The number of anilines is 3. The van der Waals surface area contributed by atoms with Crippen LogP contribution >= 0.6 is 0 Å². The molecule has 1 aliphatic heterocycles. The minimum absolute atomic E-state index is 0.134. The number of oxazole rings is 1. The van der Waals surface area contributed by atoms with Gasteiger partial charge in [-0.15, -0.1) is 0 Å². The summed E-state index contributed by atoms with van der Waals surface area (Å²) in [5, 5.41) is 15.6. The van der Waals surface area contributed by atoms with Crippen LogP contribution in [0.1, 0.15) is 24.0 Å². The first-order chi connectivity index (χ1) is 17.9. The Morgan fingerprint density at radius 1 is 1.00 bits per heavy atom. The predicted molar refractivity (Wildman–Crippen MR) is 139 cm³/mol. The van der Waals surface area contributed by atoms with Crippen LogP contribution in [0.2, 0.25) is 0 Å². The number of nitrogens with one attached hydrogen (secondary N) is 2. The topological polar surface area (TPSA) is 125 Å². The molecule has 5 rings (SSSR count). The molecule has 3 N–H and O–H groups in total. The highest BCUT2D eigenvalue weighted by Crippen LogP contribution is 2.33. The molecule has 3 aromatic carbocycles. The lowest BCUT2D eigenvalue weighted by molar-refractivity contribution is -0.141. The third kappa shape index (κ3) is 5.45. The van der Waals surface area contributed by atoms with Gasteiger partial charge in [0.15, 0.2) is 5.58 Å². The molecule has 188 valence electrons. The number of hydrogen-bond donors (Lipinski definition) is 3. The lowest BCUT2D eigenvalue weighted by Gasteiger charge is -2.16. The van der Waals surface area contributed by atoms with E-state index in [0.717, 1.165) is 16.8 Å². The lowest BCUT2D eigenvalue weighted by atomic mass is 9.89. The third-order valence-electron chi connectivity index (χ3n) is 6.55. The zero-order chi connectivity index (χ0) is 25.9. The van der Waals surface area contributed by atoms with Crippen molar-refractivity contribution in [1.29, 1.82) is 0 Å². The van der Waals surface area contributed by atoms with Gasteiger partial charge in [-0.2, -0.15) is 4.98 Å². The summed E-state index contributed by atoms with van der Waals surface area (Å²) in [7, 11) is 0. The fraction of sp³-hybridized carbons (Fsp3) is 0.214. The van der Waals surface area contributed by atoms with Crippen molar-refractivity contribution >= 4 is 46.3 Å². The highest BCUT2D eigenvalue weighted by Gasteiger charge is 2.39. The molecule has 9 heteroatoms. The van der Waals surface area contributed by atoms with Crippen LogP contribution in [0, 0.1) is 5.92 Å². The van der Waals surface area contributed by atoms with Crippen molar-refractivity contribution in [2.45, 2.75) is 19.3 Å². The summed E-state index contributed by atoms with van der Waals surface area (Å²) in [5.74, 6) is -2.19. The number of aromatic nitrogens is 1. The quantitative estimate of drug-likeness (QED) is 0.345. The average molecular weight is 499 g/mol. The van der Waals surface area contributed by atoms with Gasteiger partial charge in [-0.3, -0.25) is 14.4 Å². The molecule has 1 fully saturated rings. The van der Waals surface area contributed by atoms with Crippen molar-refractivity contribution in [3.63, 3.8) is 0 Å². The van der Waals surface area contributed by atoms with Crippen LogP contribution < -0.4 is 10.6 Å². The Morgan fingerprint density at radius 3 is 2.46 bits per heavy atom. The third-order valence-corrected chi connectivity index (χ3v) is 6.55. The molecular formula is C28H26N4O5. The van der Waals surface area contributed by atoms with Gasteiger partial charge in [0.2, 0.25) is 11.8 Å². The normalized spacial score (nSPS) is 17.1. The van der Waals surface area contributed by atoms with Gasteiger partial charge in [-0.1, -0.05) is 36.4 Å². The number of likely N-dealkylation sites (tertiary alicyclic amines) is 1. The van der Waals surface area contributed by atoms with E-state index < -0.39 is 11.9 Å². The number of aliphatic carboxylic acids is 1. The first kappa shape index (κ1) is 24.1. The second kappa shape index (κ2) is 10.1. The molecule has 0 radical (unpaired) electrons. The van der Waals surface area contributed by atoms with E-state index >= 15 is 0 Å². The Balaban J connectivity index is 1.22. The Morgan fingerprint density at radius 2 is 1.76 bits per heavy atom. The van der Waals surface area contributed by atoms with Crippen molar-refractivity contribution in [1.82, 2.24) is 9.88 Å². The van der Waals surface area contributed by atoms with E-state index in [1.165, 1.54) is 6.92 Å². The summed E-state index contributed by atoms with van der Waals surface area (Å²) in [5.41, 5.74) is 4.35. The minimum atomic E-state index is -0.919. The number of para-hydroxylation sites is 1. The van der Waals surface area contributed by atoms with Crippen molar-refractivity contribution in [2.75, 3.05) is 23.7 Å². The Labute approximate surface area is 213 Å². The summed E-state index contributed by atoms with van der Waals surface area (Å²) < 4.78 is 5.80. The molecule has 2 amide bonds. The molecule has 2 atom stereocenters. The number of benzene rings is 3. The van der Waals surface area contributed by atoms with E-state index in [9.17, 15) is 19.5 Å². The van der Waals surface area contributed by atoms with E-state index in [1.54, 1.807) is 23.1 Å². The number of carboxylic acids is 1. The molecule has 0 saturated carbocycles. The maximum Gasteiger partial charge on any atom is 0.308 e. The van der Waals surface area contributed by atoms with Crippen LogP contribution in [-0.4, -0.2) is 45.9 Å². The van der Waals surface area contributed by atoms with Gasteiger partial charge >= 0.3 is 5.97 Å². The first-order valence-corrected chi connectivity index (χ1v) is 12.0. The number of carbonyl (C=O) groups excluding carboxylic acids is 2. The number of hydrogen-bond acceptors (Lipinski definition) is 6. The second-order valence-corrected chi connectivity index (χ2v) is 9.13. The lowest BCUT2D eigenvalue weighted by Crippen LogP contribution is -2.27. The summed E-state index contributed by atoms with van der Waals surface area (Å²) in [6.07, 6.45) is 0.150. The van der Waals surface area contributed by atoms with Gasteiger partial charge in [-0.05, 0) is 47.5 Å². The van der Waals surface area contributed by atoms with Crippen LogP contribution in [0.15, 0.2) is 77.2 Å². The zero-order valence-corrected chi connectivity index (χ0v) is 20.2. The molecule has 0 aliphatic carbocycles. The number of amides is 2. The molecule has 4 aromatic rings. The highest BCUT2D eigenvalue weighted by atomic mass is 16.4. The number of fused-ring (bicyclic) bond motifs is 1. The van der Waals surface area contributed by atoms with Gasteiger partial charge in [0.25, 0.3) is 6.01 Å². The average Bonchev–Trinajstić information content (AvgIpc) is 3.49. The monoisotopic (exact) mass is 498 g/mol. The molecule has 2 unspecified atom stereocenters. The Kier molecular flexibility index (Phi) is 6.59. The largest absolute Gasteiger partial charge is 0.481 e. The van der Waals surface area contributed by atoms with Crippen LogP contribution in [-0.2, 0) is 20.8 Å². The molecule has 9 nitrogen and oxygen atoms in total. The first-order valence-electron chi connectivity index (χ1n) is 12.0. The highest BCUT2D eigenvalue weighted by molar-refractivity contribution is 5.93. The van der Waals surface area contributed by atoms with E-state index in [2.05, 4.69) is 15.6 Å². The number of carbonyl (C=O) groups is 3. The maximum absolute atomic E-state index is 12.7. The summed E-state index contributed by atoms with van der Waals surface area (Å²) in [4.78, 5) is 42.1. The van der Waals surface area contributed by atoms with Gasteiger partial charge in [0, 0.05) is 37.3 Å². The van der Waals surface area contributed by atoms with E-state index in [1.807, 2.05) is 54.6 Å². The van der Waals surface area contributed by atoms with Crippen molar-refractivity contribution in [3.8, 4) is 0 Å². The summed E-state index contributed by atoms with van der Waals surface area (Å²) in [6, 6.07) is 22.5. The van der Waals surface area contributed by atoms with Crippen LogP contribution in [0.25, 0.3) is 11.1 Å². The number of rotatable bonds is 7. The molecule has 0 spiro atoms. The van der Waals surface area contributed by atoms with Gasteiger partial charge in [0.05, 0.1) is 12.3 Å². The predicted octanol–water partition coefficient (Wildman–Crippen LogP) is 4.40. The second-order valence-electron chi connectivity index (χ2n) is 9.13. The Hall–Kier alpha value is -4.66. The van der Waals surface area contributed by atoms with E-state index in [4.69, 9.17) is 4.42 Å². The van der Waals surface area contributed by atoms with Crippen molar-refractivity contribution in [2.24, 2.45) is 5.92 Å². The molecule has 1 saturated heterocycles. The van der Waals surface area contributed by atoms with Crippen LogP contribution in [0.3, 0.4) is 0 Å². The molecule has 2 heterocycles. The number of nitrogens with zero attached hydrogens (tertiary/aromatic N) is 2. The fourth-order valence-corrected chi connectivity index (χ4v) is 4.63. The molecule has 0 bridgehead atoms. The Bertz CT molecular complexity index is 1450. The van der Waals surface area contributed by atoms with Crippen LogP contribution in [0.4, 0.5) is 17.4 Å². The SMILES string of the molecule is CC(=O)N1CC(C(=O)O)C(c2ccc(NC(=O)Cc3ccc4nc(Nc5ccccc5)oc4c3)cc2)C1. The van der Waals surface area contributed by atoms with Gasteiger partial charge in [0.1, 0.15) is 5.52 Å². The fourth-order valence-electron chi connectivity index (χ4n) is 4.63.